The van der Waals surface area contributed by atoms with Crippen molar-refractivity contribution in [3.05, 3.63) is 35.0 Å². The summed E-state index contributed by atoms with van der Waals surface area (Å²) in [5.41, 5.74) is 1.63. The van der Waals surface area contributed by atoms with Crippen LogP contribution >= 0.6 is 11.3 Å². The summed E-state index contributed by atoms with van der Waals surface area (Å²) in [6, 6.07) is 5.92. The summed E-state index contributed by atoms with van der Waals surface area (Å²) in [5.74, 6) is -0.116. The molecule has 2 aromatic rings. The first-order valence-electron chi connectivity index (χ1n) is 4.40. The van der Waals surface area contributed by atoms with E-state index < -0.39 is 0 Å². The summed E-state index contributed by atoms with van der Waals surface area (Å²) in [6.45, 7) is 1.45. The lowest BCUT2D eigenvalue weighted by Crippen LogP contribution is -1.95. The Morgan fingerprint density at radius 2 is 2.40 bits per heavy atom. The van der Waals surface area contributed by atoms with Crippen LogP contribution in [-0.2, 0) is 0 Å². The Kier molecular flexibility index (Phi) is 2.40. The minimum Gasteiger partial charge on any atom is -0.357 e. The van der Waals surface area contributed by atoms with E-state index >= 15 is 0 Å². The molecule has 0 saturated carbocycles. The number of aromatic nitrogens is 1. The number of hydrogen-bond acceptors (Lipinski definition) is 3. The number of aromatic amines is 1. The summed E-state index contributed by atoms with van der Waals surface area (Å²) in [7, 11) is 0. The zero-order valence-electron chi connectivity index (χ0n) is 8.07. The van der Waals surface area contributed by atoms with Crippen molar-refractivity contribution in [1.82, 2.24) is 4.98 Å². The van der Waals surface area contributed by atoms with Gasteiger partial charge in [-0.3, -0.25) is 4.79 Å². The highest BCUT2D eigenvalue weighted by atomic mass is 32.1. The average molecular weight is 216 g/mol. The van der Waals surface area contributed by atoms with Crippen LogP contribution in [0.25, 0.3) is 10.4 Å². The van der Waals surface area contributed by atoms with Crippen LogP contribution in [0.1, 0.15) is 23.0 Å². The predicted octanol–water partition coefficient (Wildman–Crippen LogP) is 2.82. The first kappa shape index (κ1) is 9.69. The zero-order chi connectivity index (χ0) is 10.8. The number of ketones is 1. The van der Waals surface area contributed by atoms with Crippen LogP contribution in [0.15, 0.2) is 23.7 Å². The molecular weight excluding hydrogens is 208 g/mol. The van der Waals surface area contributed by atoms with Gasteiger partial charge in [0.05, 0.1) is 5.56 Å². The van der Waals surface area contributed by atoms with Crippen molar-refractivity contribution in [3.63, 3.8) is 0 Å². The monoisotopic (exact) mass is 216 g/mol. The lowest BCUT2D eigenvalue weighted by Gasteiger charge is -1.93. The van der Waals surface area contributed by atoms with Crippen LogP contribution in [0.5, 0.6) is 0 Å². The van der Waals surface area contributed by atoms with Crippen LogP contribution in [0.4, 0.5) is 0 Å². The molecule has 0 spiro atoms. The smallest absolute Gasteiger partial charge is 0.177 e. The van der Waals surface area contributed by atoms with Crippen LogP contribution in [0.2, 0.25) is 0 Å². The van der Waals surface area contributed by atoms with Crippen molar-refractivity contribution in [1.29, 1.82) is 5.26 Å². The standard InChI is InChI=1S/C11H8N2OS/c1-7(14)11-8(5-12)9(6-13-11)10-3-2-4-15-10/h2-4,6,13H,1H3. The molecule has 15 heavy (non-hydrogen) atoms. The van der Waals surface area contributed by atoms with Crippen molar-refractivity contribution >= 4 is 17.1 Å². The van der Waals surface area contributed by atoms with Gasteiger partial charge in [0.2, 0.25) is 0 Å². The minimum absolute atomic E-state index is 0.116. The highest BCUT2D eigenvalue weighted by molar-refractivity contribution is 7.13. The van der Waals surface area contributed by atoms with Crippen molar-refractivity contribution in [3.8, 4) is 16.5 Å². The van der Waals surface area contributed by atoms with E-state index in [4.69, 9.17) is 5.26 Å². The number of nitriles is 1. The van der Waals surface area contributed by atoms with E-state index in [0.717, 1.165) is 10.4 Å². The SMILES string of the molecule is CC(=O)c1[nH]cc(-c2cccs2)c1C#N. The molecule has 0 aliphatic rings. The second-order valence-electron chi connectivity index (χ2n) is 3.10. The molecule has 2 heterocycles. The van der Waals surface area contributed by atoms with Gasteiger partial charge in [-0.1, -0.05) is 6.07 Å². The van der Waals surface area contributed by atoms with E-state index in [1.54, 1.807) is 17.5 Å². The van der Waals surface area contributed by atoms with Gasteiger partial charge in [-0.2, -0.15) is 5.26 Å². The third-order valence-electron chi connectivity index (χ3n) is 2.13. The van der Waals surface area contributed by atoms with Gasteiger partial charge in [0.15, 0.2) is 5.78 Å². The summed E-state index contributed by atoms with van der Waals surface area (Å²) in [6.07, 6.45) is 1.71. The van der Waals surface area contributed by atoms with Gasteiger partial charge in [0.25, 0.3) is 0 Å². The molecule has 0 radical (unpaired) electrons. The maximum absolute atomic E-state index is 11.2. The van der Waals surface area contributed by atoms with E-state index in [1.807, 2.05) is 17.5 Å². The number of thiophene rings is 1. The molecule has 0 aliphatic heterocycles. The highest BCUT2D eigenvalue weighted by Crippen LogP contribution is 2.29. The molecule has 74 valence electrons. The number of Topliss-reactive ketones (excluding diaryl/α,β-unsaturated/α-hetero) is 1. The molecular formula is C11H8N2OS. The van der Waals surface area contributed by atoms with Gasteiger partial charge in [0.1, 0.15) is 11.8 Å². The maximum Gasteiger partial charge on any atom is 0.177 e. The van der Waals surface area contributed by atoms with E-state index in [-0.39, 0.29) is 5.78 Å². The number of hydrogen-bond donors (Lipinski definition) is 1. The van der Waals surface area contributed by atoms with Crippen molar-refractivity contribution < 1.29 is 4.79 Å². The summed E-state index contributed by atoms with van der Waals surface area (Å²) in [4.78, 5) is 15.1. The maximum atomic E-state index is 11.2. The van der Waals surface area contributed by atoms with Crippen LogP contribution in [-0.4, -0.2) is 10.8 Å². The van der Waals surface area contributed by atoms with E-state index in [1.165, 1.54) is 6.92 Å². The Morgan fingerprint density at radius 1 is 1.60 bits per heavy atom. The van der Waals surface area contributed by atoms with Gasteiger partial charge in [0, 0.05) is 23.6 Å². The second kappa shape index (κ2) is 3.71. The largest absolute Gasteiger partial charge is 0.357 e. The van der Waals surface area contributed by atoms with Crippen LogP contribution < -0.4 is 0 Å². The van der Waals surface area contributed by atoms with Gasteiger partial charge in [-0.25, -0.2) is 0 Å². The van der Waals surface area contributed by atoms with Gasteiger partial charge in [-0.05, 0) is 11.4 Å². The topological polar surface area (TPSA) is 56.6 Å². The van der Waals surface area contributed by atoms with E-state index in [0.29, 0.717) is 11.3 Å². The Morgan fingerprint density at radius 3 is 2.93 bits per heavy atom. The molecule has 0 amide bonds. The first-order valence-corrected chi connectivity index (χ1v) is 5.28. The van der Waals surface area contributed by atoms with Crippen molar-refractivity contribution in [2.24, 2.45) is 0 Å². The second-order valence-corrected chi connectivity index (χ2v) is 4.05. The lowest BCUT2D eigenvalue weighted by atomic mass is 10.1. The van der Waals surface area contributed by atoms with Crippen LogP contribution in [0.3, 0.4) is 0 Å². The highest BCUT2D eigenvalue weighted by Gasteiger charge is 2.15. The fourth-order valence-corrected chi connectivity index (χ4v) is 2.19. The molecule has 0 aliphatic carbocycles. The number of carbonyl (C=O) groups is 1. The minimum atomic E-state index is -0.116. The molecule has 0 atom stereocenters. The third kappa shape index (κ3) is 1.58. The normalized spacial score (nSPS) is 9.87. The van der Waals surface area contributed by atoms with E-state index in [2.05, 4.69) is 11.1 Å². The Labute approximate surface area is 91.0 Å². The molecule has 2 aromatic heterocycles. The lowest BCUT2D eigenvalue weighted by molar-refractivity contribution is 0.101. The fraction of sp³-hybridized carbons (Fsp3) is 0.0909. The molecule has 2 rings (SSSR count). The van der Waals surface area contributed by atoms with Crippen LogP contribution in [0, 0.1) is 11.3 Å². The first-order chi connectivity index (χ1) is 7.24. The fourth-order valence-electron chi connectivity index (χ4n) is 1.44. The molecule has 0 saturated heterocycles. The number of rotatable bonds is 2. The molecule has 0 bridgehead atoms. The van der Waals surface area contributed by atoms with Crippen molar-refractivity contribution in [2.45, 2.75) is 6.92 Å². The quantitative estimate of drug-likeness (QED) is 0.785. The molecule has 0 aromatic carbocycles. The number of H-pyrrole nitrogens is 1. The molecule has 0 fully saturated rings. The number of carbonyl (C=O) groups excluding carboxylic acids is 1. The zero-order valence-corrected chi connectivity index (χ0v) is 8.89. The molecule has 0 unspecified atom stereocenters. The molecule has 3 nitrogen and oxygen atoms in total. The summed E-state index contributed by atoms with van der Waals surface area (Å²) < 4.78 is 0. The average Bonchev–Trinajstić information content (AvgIpc) is 2.85. The third-order valence-corrected chi connectivity index (χ3v) is 3.03. The van der Waals surface area contributed by atoms with Crippen molar-refractivity contribution in [2.75, 3.05) is 0 Å². The molecule has 1 N–H and O–H groups in total. The summed E-state index contributed by atoms with van der Waals surface area (Å²) in [5, 5.41) is 11.0. The van der Waals surface area contributed by atoms with Gasteiger partial charge in [-0.15, -0.1) is 11.3 Å². The number of nitrogens with zero attached hydrogens (tertiary/aromatic N) is 1. The number of nitrogens with one attached hydrogen (secondary N) is 1. The summed E-state index contributed by atoms with van der Waals surface area (Å²) >= 11 is 1.55. The Bertz CT molecular complexity index is 531. The predicted molar refractivity (Wildman–Crippen MR) is 58.8 cm³/mol. The Balaban J connectivity index is 2.61. The van der Waals surface area contributed by atoms with Gasteiger partial charge < -0.3 is 4.98 Å². The van der Waals surface area contributed by atoms with Gasteiger partial charge >= 0.3 is 0 Å². The Hall–Kier alpha value is -1.86. The molecule has 4 heteroatoms. The van der Waals surface area contributed by atoms with E-state index in [9.17, 15) is 4.79 Å².